The molecule has 1 N–H and O–H groups in total. The molecule has 25 heavy (non-hydrogen) atoms. The van der Waals surface area contributed by atoms with Gasteiger partial charge >= 0.3 is 0 Å². The SMILES string of the molecule is C=O.Cc1cc(C)n2nc(CCc3ncc(-c4cccs4)[nH]3)nc2n1. The van der Waals surface area contributed by atoms with Gasteiger partial charge in [0.2, 0.25) is 0 Å². The van der Waals surface area contributed by atoms with Gasteiger partial charge in [0.05, 0.1) is 16.8 Å². The third kappa shape index (κ3) is 3.63. The van der Waals surface area contributed by atoms with Gasteiger partial charge < -0.3 is 9.78 Å². The molecule has 0 saturated heterocycles. The molecule has 0 aliphatic carbocycles. The van der Waals surface area contributed by atoms with E-state index in [2.05, 4.69) is 36.5 Å². The average molecular weight is 354 g/mol. The number of imidazole rings is 1. The molecule has 0 aliphatic heterocycles. The fourth-order valence-electron chi connectivity index (χ4n) is 2.59. The minimum Gasteiger partial charge on any atom is -0.341 e. The molecule has 0 amide bonds. The molecule has 0 fully saturated rings. The molecular weight excluding hydrogens is 336 g/mol. The second-order valence-corrected chi connectivity index (χ2v) is 6.45. The van der Waals surface area contributed by atoms with E-state index in [1.807, 2.05) is 39.0 Å². The van der Waals surface area contributed by atoms with Crippen LogP contribution in [0.4, 0.5) is 0 Å². The van der Waals surface area contributed by atoms with Crippen LogP contribution in [0.2, 0.25) is 0 Å². The van der Waals surface area contributed by atoms with E-state index in [0.29, 0.717) is 5.78 Å². The van der Waals surface area contributed by atoms with Crippen molar-refractivity contribution in [3.8, 4) is 10.6 Å². The first-order chi connectivity index (χ1) is 12.2. The lowest BCUT2D eigenvalue weighted by molar-refractivity contribution is -0.0979. The molecule has 0 radical (unpaired) electrons. The molecular formula is C17H18N6OS. The Morgan fingerprint density at radius 1 is 1.24 bits per heavy atom. The van der Waals surface area contributed by atoms with Gasteiger partial charge in [-0.05, 0) is 31.4 Å². The highest BCUT2D eigenvalue weighted by Crippen LogP contribution is 2.22. The first-order valence-electron chi connectivity index (χ1n) is 7.75. The Bertz CT molecular complexity index is 973. The van der Waals surface area contributed by atoms with Gasteiger partial charge in [-0.2, -0.15) is 4.98 Å². The molecule has 0 aromatic carbocycles. The summed E-state index contributed by atoms with van der Waals surface area (Å²) in [7, 11) is 0. The van der Waals surface area contributed by atoms with E-state index in [4.69, 9.17) is 4.79 Å². The van der Waals surface area contributed by atoms with Gasteiger partial charge in [-0.3, -0.25) is 0 Å². The number of carbonyl (C=O) groups excluding carboxylic acids is 1. The predicted octanol–water partition coefficient (Wildman–Crippen LogP) is 2.79. The van der Waals surface area contributed by atoms with E-state index in [1.165, 1.54) is 4.88 Å². The highest BCUT2D eigenvalue weighted by atomic mass is 32.1. The third-order valence-corrected chi connectivity index (χ3v) is 4.57. The van der Waals surface area contributed by atoms with Crippen LogP contribution >= 0.6 is 11.3 Å². The number of nitrogens with zero attached hydrogens (tertiary/aromatic N) is 5. The zero-order chi connectivity index (χ0) is 17.8. The lowest BCUT2D eigenvalue weighted by Crippen LogP contribution is -1.98. The van der Waals surface area contributed by atoms with Crippen LogP contribution in [0.1, 0.15) is 23.0 Å². The van der Waals surface area contributed by atoms with E-state index >= 15 is 0 Å². The molecule has 0 spiro atoms. The van der Waals surface area contributed by atoms with Crippen molar-refractivity contribution in [2.75, 3.05) is 0 Å². The molecule has 0 atom stereocenters. The van der Waals surface area contributed by atoms with Crippen molar-refractivity contribution in [2.45, 2.75) is 26.7 Å². The highest BCUT2D eigenvalue weighted by molar-refractivity contribution is 7.13. The van der Waals surface area contributed by atoms with Crippen LogP contribution in [0.25, 0.3) is 16.3 Å². The number of fused-ring (bicyclic) bond motifs is 1. The summed E-state index contributed by atoms with van der Waals surface area (Å²) in [5.41, 5.74) is 3.07. The van der Waals surface area contributed by atoms with Crippen LogP contribution in [-0.2, 0) is 17.6 Å². The molecule has 4 rings (SSSR count). The summed E-state index contributed by atoms with van der Waals surface area (Å²) in [4.78, 5) is 25.9. The summed E-state index contributed by atoms with van der Waals surface area (Å²) in [6.07, 6.45) is 3.40. The van der Waals surface area contributed by atoms with Gasteiger partial charge in [-0.15, -0.1) is 16.4 Å². The number of thiophene rings is 1. The topological polar surface area (TPSA) is 88.8 Å². The van der Waals surface area contributed by atoms with E-state index in [9.17, 15) is 0 Å². The fraction of sp³-hybridized carbons (Fsp3) is 0.235. The van der Waals surface area contributed by atoms with Crippen molar-refractivity contribution < 1.29 is 4.79 Å². The number of aryl methyl sites for hydroxylation is 4. The molecule has 4 aromatic heterocycles. The number of carbonyl (C=O) groups is 1. The van der Waals surface area contributed by atoms with Crippen molar-refractivity contribution >= 4 is 23.9 Å². The maximum absolute atomic E-state index is 8.00. The number of rotatable bonds is 4. The van der Waals surface area contributed by atoms with Crippen molar-refractivity contribution in [1.82, 2.24) is 29.5 Å². The second kappa shape index (κ2) is 7.35. The summed E-state index contributed by atoms with van der Waals surface area (Å²) in [5, 5.41) is 6.59. The molecule has 0 saturated carbocycles. The van der Waals surface area contributed by atoms with E-state index in [1.54, 1.807) is 15.9 Å². The van der Waals surface area contributed by atoms with Crippen LogP contribution in [0.5, 0.6) is 0 Å². The number of nitrogens with one attached hydrogen (secondary N) is 1. The fourth-order valence-corrected chi connectivity index (χ4v) is 3.28. The monoisotopic (exact) mass is 354 g/mol. The highest BCUT2D eigenvalue weighted by Gasteiger charge is 2.09. The zero-order valence-electron chi connectivity index (χ0n) is 14.1. The number of aromatic nitrogens is 6. The molecule has 8 heteroatoms. The largest absolute Gasteiger partial charge is 0.341 e. The van der Waals surface area contributed by atoms with E-state index in [0.717, 1.165) is 41.6 Å². The Morgan fingerprint density at radius 2 is 2.08 bits per heavy atom. The van der Waals surface area contributed by atoms with Gasteiger partial charge in [-0.25, -0.2) is 14.5 Å². The third-order valence-electron chi connectivity index (χ3n) is 3.66. The van der Waals surface area contributed by atoms with E-state index in [-0.39, 0.29) is 0 Å². The predicted molar refractivity (Wildman–Crippen MR) is 96.7 cm³/mol. The first-order valence-corrected chi connectivity index (χ1v) is 8.63. The normalized spacial score (nSPS) is 10.6. The number of H-pyrrole nitrogens is 1. The van der Waals surface area contributed by atoms with E-state index < -0.39 is 0 Å². The minimum absolute atomic E-state index is 0.663. The van der Waals surface area contributed by atoms with Crippen LogP contribution < -0.4 is 0 Å². The Balaban J connectivity index is 0.000000880. The van der Waals surface area contributed by atoms with Crippen molar-refractivity contribution in [2.24, 2.45) is 0 Å². The molecule has 7 nitrogen and oxygen atoms in total. The lowest BCUT2D eigenvalue weighted by atomic mass is 10.3. The molecule has 4 aromatic rings. The Morgan fingerprint density at radius 3 is 2.84 bits per heavy atom. The molecule has 4 heterocycles. The zero-order valence-corrected chi connectivity index (χ0v) is 14.9. The average Bonchev–Trinajstić information content (AvgIpc) is 3.34. The van der Waals surface area contributed by atoms with Crippen LogP contribution in [0.3, 0.4) is 0 Å². The van der Waals surface area contributed by atoms with Gasteiger partial charge in [0, 0.05) is 24.2 Å². The molecule has 0 bridgehead atoms. The molecule has 128 valence electrons. The summed E-state index contributed by atoms with van der Waals surface area (Å²) in [6, 6.07) is 6.13. The molecule has 0 aliphatic rings. The van der Waals surface area contributed by atoms with Gasteiger partial charge in [0.15, 0.2) is 5.82 Å². The second-order valence-electron chi connectivity index (χ2n) is 5.50. The van der Waals surface area contributed by atoms with Crippen molar-refractivity contribution in [1.29, 1.82) is 0 Å². The number of aromatic amines is 1. The molecule has 0 unspecified atom stereocenters. The van der Waals surface area contributed by atoms with Crippen LogP contribution in [0.15, 0.2) is 29.8 Å². The number of hydrogen-bond acceptors (Lipinski definition) is 6. The summed E-state index contributed by atoms with van der Waals surface area (Å²) < 4.78 is 1.79. The van der Waals surface area contributed by atoms with Crippen molar-refractivity contribution in [3.05, 3.63) is 52.8 Å². The Kier molecular flexibility index (Phi) is 4.99. The van der Waals surface area contributed by atoms with Gasteiger partial charge in [-0.1, -0.05) is 6.07 Å². The smallest absolute Gasteiger partial charge is 0.252 e. The van der Waals surface area contributed by atoms with Gasteiger partial charge in [0.1, 0.15) is 12.6 Å². The maximum atomic E-state index is 8.00. The summed E-state index contributed by atoms with van der Waals surface area (Å²) >= 11 is 1.70. The standard InChI is InChI=1S/C16H16N6S.CH2O/c1-10-8-11(2)22-16(18-10)20-15(21-22)6-5-14-17-9-12(19-14)13-4-3-7-23-13;1-2/h3-4,7-9H,5-6H2,1-2H3,(H,17,19);1H2. The minimum atomic E-state index is 0.663. The van der Waals surface area contributed by atoms with Crippen LogP contribution in [0, 0.1) is 13.8 Å². The lowest BCUT2D eigenvalue weighted by Gasteiger charge is -1.97. The van der Waals surface area contributed by atoms with Gasteiger partial charge in [0.25, 0.3) is 5.78 Å². The summed E-state index contributed by atoms with van der Waals surface area (Å²) in [6.45, 7) is 5.98. The Labute approximate surface area is 148 Å². The van der Waals surface area contributed by atoms with Crippen molar-refractivity contribution in [3.63, 3.8) is 0 Å². The first kappa shape index (κ1) is 17.0. The summed E-state index contributed by atoms with van der Waals surface area (Å²) in [5.74, 6) is 2.41. The van der Waals surface area contributed by atoms with Crippen LogP contribution in [-0.4, -0.2) is 36.3 Å². The quantitative estimate of drug-likeness (QED) is 0.609. The maximum Gasteiger partial charge on any atom is 0.252 e. The Hall–Kier alpha value is -2.87. The number of hydrogen-bond donors (Lipinski definition) is 1.